The van der Waals surface area contributed by atoms with Crippen molar-refractivity contribution in [3.05, 3.63) is 78.1 Å². The molecular weight excluding hydrogens is 396 g/mol. The standard InChI is InChI=1S/C27H32N4O/c32-27-11-10-26(30-17-15-29(16-18-30)21-25-7-3-4-13-28-25)12-14-31(27)20-22-8-9-23-5-1-2-6-24(23)19-22/h1-9,13,19,26H,10-12,14-18,20-21H2. The number of fused-ring (bicyclic) bond motifs is 1. The van der Waals surface area contributed by atoms with Crippen LogP contribution in [0.4, 0.5) is 0 Å². The van der Waals surface area contributed by atoms with Crippen molar-refractivity contribution in [2.75, 3.05) is 32.7 Å². The molecule has 2 fully saturated rings. The Morgan fingerprint density at radius 1 is 0.812 bits per heavy atom. The van der Waals surface area contributed by atoms with Crippen molar-refractivity contribution < 1.29 is 4.79 Å². The molecule has 166 valence electrons. The molecule has 0 saturated carbocycles. The van der Waals surface area contributed by atoms with E-state index in [0.29, 0.717) is 24.9 Å². The second kappa shape index (κ2) is 9.80. The number of pyridine rings is 1. The lowest BCUT2D eigenvalue weighted by Crippen LogP contribution is -2.50. The minimum absolute atomic E-state index is 0.300. The van der Waals surface area contributed by atoms with E-state index in [1.807, 2.05) is 12.3 Å². The summed E-state index contributed by atoms with van der Waals surface area (Å²) in [6, 6.07) is 21.6. The molecule has 0 bridgehead atoms. The van der Waals surface area contributed by atoms with E-state index >= 15 is 0 Å². The van der Waals surface area contributed by atoms with Crippen LogP contribution in [0.5, 0.6) is 0 Å². The zero-order valence-corrected chi connectivity index (χ0v) is 18.7. The number of piperazine rings is 1. The predicted molar refractivity (Wildman–Crippen MR) is 128 cm³/mol. The summed E-state index contributed by atoms with van der Waals surface area (Å²) in [5.41, 5.74) is 2.36. The average Bonchev–Trinajstić information content (AvgIpc) is 3.02. The summed E-state index contributed by atoms with van der Waals surface area (Å²) in [5.74, 6) is 0.300. The fraction of sp³-hybridized carbons (Fsp3) is 0.407. The van der Waals surface area contributed by atoms with Gasteiger partial charge < -0.3 is 4.90 Å². The molecule has 3 heterocycles. The number of aromatic nitrogens is 1. The molecule has 5 heteroatoms. The van der Waals surface area contributed by atoms with E-state index in [2.05, 4.69) is 74.3 Å². The van der Waals surface area contributed by atoms with E-state index < -0.39 is 0 Å². The lowest BCUT2D eigenvalue weighted by Gasteiger charge is -2.39. The van der Waals surface area contributed by atoms with Gasteiger partial charge in [0.05, 0.1) is 5.69 Å². The average molecular weight is 429 g/mol. The van der Waals surface area contributed by atoms with Gasteiger partial charge in [0.1, 0.15) is 0 Å². The van der Waals surface area contributed by atoms with Gasteiger partial charge in [-0.05, 0) is 47.4 Å². The molecule has 2 aliphatic heterocycles. The van der Waals surface area contributed by atoms with Crippen LogP contribution in [0.15, 0.2) is 66.9 Å². The number of hydrogen-bond acceptors (Lipinski definition) is 4. The smallest absolute Gasteiger partial charge is 0.222 e. The summed E-state index contributed by atoms with van der Waals surface area (Å²) in [5, 5.41) is 2.49. The van der Waals surface area contributed by atoms with Gasteiger partial charge in [-0.3, -0.25) is 19.6 Å². The summed E-state index contributed by atoms with van der Waals surface area (Å²) in [6.07, 6.45) is 4.58. The zero-order chi connectivity index (χ0) is 21.8. The molecule has 1 unspecified atom stereocenters. The third-order valence-corrected chi connectivity index (χ3v) is 7.00. The molecule has 0 radical (unpaired) electrons. The highest BCUT2D eigenvalue weighted by molar-refractivity contribution is 5.83. The lowest BCUT2D eigenvalue weighted by atomic mass is 10.1. The highest BCUT2D eigenvalue weighted by Crippen LogP contribution is 2.22. The van der Waals surface area contributed by atoms with E-state index in [4.69, 9.17) is 0 Å². The maximum atomic E-state index is 12.9. The van der Waals surface area contributed by atoms with Gasteiger partial charge >= 0.3 is 0 Å². The maximum absolute atomic E-state index is 12.9. The minimum Gasteiger partial charge on any atom is -0.338 e. The summed E-state index contributed by atoms with van der Waals surface area (Å²) in [6.45, 7) is 6.80. The topological polar surface area (TPSA) is 39.7 Å². The Hall–Kier alpha value is -2.76. The normalized spacial score (nSPS) is 21.1. The van der Waals surface area contributed by atoms with Crippen LogP contribution in [0.3, 0.4) is 0 Å². The van der Waals surface area contributed by atoms with E-state index in [1.165, 1.54) is 16.3 Å². The molecule has 1 amide bonds. The molecule has 2 saturated heterocycles. The Morgan fingerprint density at radius 2 is 1.62 bits per heavy atom. The Kier molecular flexibility index (Phi) is 6.46. The predicted octanol–water partition coefficient (Wildman–Crippen LogP) is 3.93. The Bertz CT molecular complexity index is 1050. The summed E-state index contributed by atoms with van der Waals surface area (Å²) < 4.78 is 0. The molecule has 0 spiro atoms. The Morgan fingerprint density at radius 3 is 2.44 bits per heavy atom. The van der Waals surface area contributed by atoms with Crippen LogP contribution in [-0.2, 0) is 17.9 Å². The van der Waals surface area contributed by atoms with E-state index in [-0.39, 0.29) is 0 Å². The third kappa shape index (κ3) is 5.00. The first-order valence-electron chi connectivity index (χ1n) is 11.9. The van der Waals surface area contributed by atoms with Gasteiger partial charge in [-0.15, -0.1) is 0 Å². The third-order valence-electron chi connectivity index (χ3n) is 7.00. The number of hydrogen-bond donors (Lipinski definition) is 0. The van der Waals surface area contributed by atoms with Gasteiger partial charge in [-0.2, -0.15) is 0 Å². The monoisotopic (exact) mass is 428 g/mol. The number of rotatable bonds is 5. The Labute approximate surface area is 190 Å². The molecular formula is C27H32N4O. The van der Waals surface area contributed by atoms with Crippen molar-refractivity contribution in [2.45, 2.75) is 38.4 Å². The Balaban J connectivity index is 1.15. The molecule has 3 aromatic rings. The van der Waals surface area contributed by atoms with Crippen molar-refractivity contribution in [1.82, 2.24) is 19.7 Å². The van der Waals surface area contributed by atoms with Crippen molar-refractivity contribution in [2.24, 2.45) is 0 Å². The molecule has 5 nitrogen and oxygen atoms in total. The number of amides is 1. The number of carbonyl (C=O) groups is 1. The minimum atomic E-state index is 0.300. The SMILES string of the molecule is O=C1CCC(N2CCN(Cc3ccccn3)CC2)CCN1Cc1ccc2ccccc2c1. The molecule has 1 aromatic heterocycles. The highest BCUT2D eigenvalue weighted by Gasteiger charge is 2.28. The first kappa shape index (κ1) is 21.1. The molecule has 0 N–H and O–H groups in total. The highest BCUT2D eigenvalue weighted by atomic mass is 16.2. The summed E-state index contributed by atoms with van der Waals surface area (Å²) >= 11 is 0. The molecule has 0 aliphatic carbocycles. The summed E-state index contributed by atoms with van der Waals surface area (Å²) in [7, 11) is 0. The van der Waals surface area contributed by atoms with Gasteiger partial charge in [-0.25, -0.2) is 0 Å². The number of carbonyl (C=O) groups excluding carboxylic acids is 1. The fourth-order valence-electron chi connectivity index (χ4n) is 5.12. The fourth-order valence-corrected chi connectivity index (χ4v) is 5.12. The van der Waals surface area contributed by atoms with Crippen LogP contribution in [0.1, 0.15) is 30.5 Å². The largest absolute Gasteiger partial charge is 0.338 e. The number of benzene rings is 2. The second-order valence-corrected chi connectivity index (χ2v) is 9.11. The second-order valence-electron chi connectivity index (χ2n) is 9.11. The van der Waals surface area contributed by atoms with Crippen molar-refractivity contribution >= 4 is 16.7 Å². The van der Waals surface area contributed by atoms with Crippen LogP contribution in [0.25, 0.3) is 10.8 Å². The lowest BCUT2D eigenvalue weighted by molar-refractivity contribution is -0.131. The molecule has 5 rings (SSSR count). The number of nitrogens with zero attached hydrogens (tertiary/aromatic N) is 4. The van der Waals surface area contributed by atoms with E-state index in [0.717, 1.165) is 57.8 Å². The van der Waals surface area contributed by atoms with Crippen molar-refractivity contribution in [3.8, 4) is 0 Å². The van der Waals surface area contributed by atoms with Crippen LogP contribution in [0, 0.1) is 0 Å². The molecule has 2 aliphatic rings. The van der Waals surface area contributed by atoms with Gasteiger partial charge in [0.25, 0.3) is 0 Å². The van der Waals surface area contributed by atoms with Crippen LogP contribution < -0.4 is 0 Å². The van der Waals surface area contributed by atoms with Crippen LogP contribution in [0.2, 0.25) is 0 Å². The molecule has 1 atom stereocenters. The van der Waals surface area contributed by atoms with Crippen molar-refractivity contribution in [3.63, 3.8) is 0 Å². The first-order valence-corrected chi connectivity index (χ1v) is 11.9. The quantitative estimate of drug-likeness (QED) is 0.617. The van der Waals surface area contributed by atoms with Gasteiger partial charge in [0.15, 0.2) is 0 Å². The first-order chi connectivity index (χ1) is 15.7. The van der Waals surface area contributed by atoms with Gasteiger partial charge in [0.2, 0.25) is 5.91 Å². The molecule has 32 heavy (non-hydrogen) atoms. The summed E-state index contributed by atoms with van der Waals surface area (Å²) in [4.78, 5) is 24.5. The van der Waals surface area contributed by atoms with Crippen LogP contribution >= 0.6 is 0 Å². The number of likely N-dealkylation sites (tertiary alicyclic amines) is 1. The maximum Gasteiger partial charge on any atom is 0.222 e. The van der Waals surface area contributed by atoms with Gasteiger partial charge in [-0.1, -0.05) is 42.5 Å². The van der Waals surface area contributed by atoms with Gasteiger partial charge in [0, 0.05) is 64.5 Å². The van der Waals surface area contributed by atoms with Crippen molar-refractivity contribution in [1.29, 1.82) is 0 Å². The van der Waals surface area contributed by atoms with E-state index in [1.54, 1.807) is 0 Å². The van der Waals surface area contributed by atoms with Crippen LogP contribution in [-0.4, -0.2) is 64.4 Å². The van der Waals surface area contributed by atoms with E-state index in [9.17, 15) is 4.79 Å². The zero-order valence-electron chi connectivity index (χ0n) is 18.7. The molecule has 2 aromatic carbocycles.